The minimum atomic E-state index is -0.0820. The molecule has 1 atom stereocenters. The van der Waals surface area contributed by atoms with Gasteiger partial charge in [-0.15, -0.1) is 0 Å². The van der Waals surface area contributed by atoms with Crippen LogP contribution in [0, 0.1) is 0 Å². The number of hydrogen-bond donors (Lipinski definition) is 0. The molecule has 0 radical (unpaired) electrons. The number of hydrogen-bond acceptors (Lipinski definition) is 1. The topological polar surface area (TPSA) is 25.2 Å². The highest BCUT2D eigenvalue weighted by Gasteiger charge is 2.38. The van der Waals surface area contributed by atoms with Crippen molar-refractivity contribution in [2.24, 2.45) is 7.05 Å². The molecule has 3 aromatic rings. The average molecular weight is 318 g/mol. The van der Waals surface area contributed by atoms with E-state index in [0.717, 1.165) is 18.5 Å². The van der Waals surface area contributed by atoms with Gasteiger partial charge in [-0.1, -0.05) is 43.3 Å². The number of amides is 1. The highest BCUT2D eigenvalue weighted by atomic mass is 16.2. The first-order valence-electron chi connectivity index (χ1n) is 8.38. The number of para-hydroxylation sites is 1. The number of benzene rings is 2. The van der Waals surface area contributed by atoms with Crippen molar-refractivity contribution in [3.8, 4) is 0 Å². The second kappa shape index (κ2) is 5.23. The Kier molecular flexibility index (Phi) is 3.27. The van der Waals surface area contributed by atoms with Gasteiger partial charge in [0.15, 0.2) is 0 Å². The molecule has 1 aromatic heterocycles. The zero-order chi connectivity index (χ0) is 16.9. The SMILES string of the molecule is CN1CC(C)(Cc2cc3ccccc3n2C)c2ccccc2C1=O. The molecule has 1 aliphatic rings. The molecule has 1 amide bonds. The van der Waals surface area contributed by atoms with Crippen LogP contribution < -0.4 is 0 Å². The van der Waals surface area contributed by atoms with Crippen LogP contribution in [0.25, 0.3) is 10.9 Å². The number of carbonyl (C=O) groups is 1. The molecule has 0 spiro atoms. The molecule has 0 fully saturated rings. The first kappa shape index (κ1) is 15.0. The molecule has 24 heavy (non-hydrogen) atoms. The minimum absolute atomic E-state index is 0.0820. The predicted molar refractivity (Wildman–Crippen MR) is 97.4 cm³/mol. The summed E-state index contributed by atoms with van der Waals surface area (Å²) in [7, 11) is 4.03. The molecule has 0 aliphatic carbocycles. The summed E-state index contributed by atoms with van der Waals surface area (Å²) >= 11 is 0. The van der Waals surface area contributed by atoms with E-state index in [1.165, 1.54) is 22.2 Å². The van der Waals surface area contributed by atoms with Crippen molar-refractivity contribution in [1.29, 1.82) is 0 Å². The normalized spacial score (nSPS) is 20.5. The van der Waals surface area contributed by atoms with Crippen LogP contribution in [0.5, 0.6) is 0 Å². The van der Waals surface area contributed by atoms with Gasteiger partial charge in [0.25, 0.3) is 5.91 Å². The van der Waals surface area contributed by atoms with Crippen molar-refractivity contribution in [3.63, 3.8) is 0 Å². The largest absolute Gasteiger partial charge is 0.348 e. The molecule has 2 heterocycles. The molecule has 0 saturated carbocycles. The lowest BCUT2D eigenvalue weighted by Crippen LogP contribution is -2.47. The summed E-state index contributed by atoms with van der Waals surface area (Å²) in [6, 6.07) is 18.8. The van der Waals surface area contributed by atoms with E-state index in [-0.39, 0.29) is 11.3 Å². The lowest BCUT2D eigenvalue weighted by Gasteiger charge is -2.40. The third-order valence-corrected chi connectivity index (χ3v) is 5.36. The molecule has 1 aliphatic heterocycles. The molecule has 4 rings (SSSR count). The van der Waals surface area contributed by atoms with Crippen LogP contribution >= 0.6 is 0 Å². The quantitative estimate of drug-likeness (QED) is 0.706. The van der Waals surface area contributed by atoms with Gasteiger partial charge in [-0.3, -0.25) is 4.79 Å². The Hall–Kier alpha value is -2.55. The number of nitrogens with zero attached hydrogens (tertiary/aromatic N) is 2. The Morgan fingerprint density at radius 1 is 1.04 bits per heavy atom. The van der Waals surface area contributed by atoms with E-state index in [2.05, 4.69) is 54.9 Å². The van der Waals surface area contributed by atoms with Crippen molar-refractivity contribution in [1.82, 2.24) is 9.47 Å². The van der Waals surface area contributed by atoms with E-state index in [9.17, 15) is 4.79 Å². The zero-order valence-corrected chi connectivity index (χ0v) is 14.4. The van der Waals surface area contributed by atoms with Crippen molar-refractivity contribution >= 4 is 16.8 Å². The second-order valence-corrected chi connectivity index (χ2v) is 7.20. The molecule has 0 bridgehead atoms. The van der Waals surface area contributed by atoms with Gasteiger partial charge in [0.05, 0.1) is 0 Å². The zero-order valence-electron chi connectivity index (χ0n) is 14.4. The number of aryl methyl sites for hydroxylation is 1. The summed E-state index contributed by atoms with van der Waals surface area (Å²) in [5.74, 6) is 0.125. The van der Waals surface area contributed by atoms with E-state index >= 15 is 0 Å². The predicted octanol–water partition coefficient (Wildman–Crippen LogP) is 3.76. The van der Waals surface area contributed by atoms with Gasteiger partial charge in [-0.25, -0.2) is 0 Å². The molecule has 3 heteroatoms. The van der Waals surface area contributed by atoms with Gasteiger partial charge in [-0.05, 0) is 35.6 Å². The Morgan fingerprint density at radius 2 is 1.75 bits per heavy atom. The number of carbonyl (C=O) groups excluding carboxylic acids is 1. The smallest absolute Gasteiger partial charge is 0.253 e. The molecule has 122 valence electrons. The van der Waals surface area contributed by atoms with E-state index in [0.29, 0.717) is 0 Å². The molecule has 0 N–H and O–H groups in total. The fraction of sp³-hybridized carbons (Fsp3) is 0.286. The second-order valence-electron chi connectivity index (χ2n) is 7.20. The fourth-order valence-electron chi connectivity index (χ4n) is 4.15. The highest BCUT2D eigenvalue weighted by molar-refractivity contribution is 5.97. The van der Waals surface area contributed by atoms with Gasteiger partial charge in [0.1, 0.15) is 0 Å². The summed E-state index contributed by atoms with van der Waals surface area (Å²) in [5, 5.41) is 1.27. The maximum atomic E-state index is 12.5. The van der Waals surface area contributed by atoms with Gasteiger partial charge in [0.2, 0.25) is 0 Å². The lowest BCUT2D eigenvalue weighted by molar-refractivity contribution is 0.0728. The molecular formula is C21H22N2O. The average Bonchev–Trinajstić information content (AvgIpc) is 2.89. The van der Waals surface area contributed by atoms with Crippen LogP contribution in [0.2, 0.25) is 0 Å². The van der Waals surface area contributed by atoms with Crippen LogP contribution in [0.1, 0.15) is 28.5 Å². The molecule has 2 aromatic carbocycles. The van der Waals surface area contributed by atoms with Gasteiger partial charge < -0.3 is 9.47 Å². The Balaban J connectivity index is 1.82. The Labute approximate surface area is 142 Å². The number of fused-ring (bicyclic) bond motifs is 2. The first-order valence-corrected chi connectivity index (χ1v) is 8.38. The van der Waals surface area contributed by atoms with Crippen LogP contribution in [-0.4, -0.2) is 29.0 Å². The van der Waals surface area contributed by atoms with Crippen molar-refractivity contribution < 1.29 is 4.79 Å². The maximum absolute atomic E-state index is 12.5. The van der Waals surface area contributed by atoms with Crippen LogP contribution in [0.3, 0.4) is 0 Å². The van der Waals surface area contributed by atoms with Crippen LogP contribution in [-0.2, 0) is 18.9 Å². The standard InChI is InChI=1S/C21H22N2O/c1-21(13-16-12-15-8-4-7-11-19(15)23(16)3)14-22(2)20(24)17-9-5-6-10-18(17)21/h4-12H,13-14H2,1-3H3. The van der Waals surface area contributed by atoms with Gasteiger partial charge in [0, 0.05) is 42.8 Å². The number of likely N-dealkylation sites (N-methyl/N-ethyl adjacent to an activating group) is 1. The summed E-state index contributed by atoms with van der Waals surface area (Å²) in [5.41, 5.74) is 4.48. The first-order chi connectivity index (χ1) is 11.5. The number of rotatable bonds is 2. The fourth-order valence-corrected chi connectivity index (χ4v) is 4.15. The third-order valence-electron chi connectivity index (χ3n) is 5.36. The van der Waals surface area contributed by atoms with Crippen molar-refractivity contribution in [2.75, 3.05) is 13.6 Å². The molecule has 0 saturated heterocycles. The molecular weight excluding hydrogens is 296 g/mol. The highest BCUT2D eigenvalue weighted by Crippen LogP contribution is 2.36. The maximum Gasteiger partial charge on any atom is 0.253 e. The summed E-state index contributed by atoms with van der Waals surface area (Å²) in [6.07, 6.45) is 0.910. The van der Waals surface area contributed by atoms with E-state index in [1.807, 2.05) is 30.1 Å². The van der Waals surface area contributed by atoms with E-state index in [4.69, 9.17) is 0 Å². The monoisotopic (exact) mass is 318 g/mol. The summed E-state index contributed by atoms with van der Waals surface area (Å²) in [6.45, 7) is 3.01. The van der Waals surface area contributed by atoms with Crippen molar-refractivity contribution in [2.45, 2.75) is 18.8 Å². The number of aromatic nitrogens is 1. The summed E-state index contributed by atoms with van der Waals surface area (Å²) < 4.78 is 2.28. The van der Waals surface area contributed by atoms with Crippen LogP contribution in [0.15, 0.2) is 54.6 Å². The van der Waals surface area contributed by atoms with Crippen LogP contribution in [0.4, 0.5) is 0 Å². The van der Waals surface area contributed by atoms with Crippen molar-refractivity contribution in [3.05, 3.63) is 71.4 Å². The van der Waals surface area contributed by atoms with Gasteiger partial charge >= 0.3 is 0 Å². The summed E-state index contributed by atoms with van der Waals surface area (Å²) in [4.78, 5) is 14.3. The lowest BCUT2D eigenvalue weighted by atomic mass is 9.73. The molecule has 3 nitrogen and oxygen atoms in total. The van der Waals surface area contributed by atoms with Gasteiger partial charge in [-0.2, -0.15) is 0 Å². The third kappa shape index (κ3) is 2.15. The molecule has 1 unspecified atom stereocenters. The Morgan fingerprint density at radius 3 is 2.54 bits per heavy atom. The minimum Gasteiger partial charge on any atom is -0.348 e. The van der Waals surface area contributed by atoms with E-state index in [1.54, 1.807) is 0 Å². The van der Waals surface area contributed by atoms with E-state index < -0.39 is 0 Å². The Bertz CT molecular complexity index is 940.